The van der Waals surface area contributed by atoms with Crippen molar-refractivity contribution in [2.75, 3.05) is 26.7 Å². The lowest BCUT2D eigenvalue weighted by molar-refractivity contribution is -0.142. The first-order chi connectivity index (χ1) is 11.4. The molecule has 2 atom stereocenters. The largest absolute Gasteiger partial charge is 0.494 e. The molecule has 0 saturated heterocycles. The van der Waals surface area contributed by atoms with Crippen LogP contribution in [0.4, 0.5) is 0 Å². The van der Waals surface area contributed by atoms with Gasteiger partial charge in [0.1, 0.15) is 5.75 Å². The molecular formula is C18H28N2O4. The van der Waals surface area contributed by atoms with Crippen molar-refractivity contribution in [1.82, 2.24) is 10.2 Å². The number of para-hydroxylation sites is 1. The van der Waals surface area contributed by atoms with E-state index >= 15 is 0 Å². The molecule has 0 aromatic heterocycles. The fraction of sp³-hybridized carbons (Fsp3) is 0.556. The molecule has 0 aliphatic heterocycles. The fourth-order valence-electron chi connectivity index (χ4n) is 2.55. The van der Waals surface area contributed by atoms with Gasteiger partial charge in [-0.25, -0.2) is 0 Å². The Hall–Kier alpha value is -2.08. The van der Waals surface area contributed by atoms with Gasteiger partial charge in [-0.15, -0.1) is 0 Å². The summed E-state index contributed by atoms with van der Waals surface area (Å²) in [6.07, 6.45) is 0.741. The van der Waals surface area contributed by atoms with Crippen LogP contribution in [-0.2, 0) is 9.59 Å². The second-order valence-electron chi connectivity index (χ2n) is 5.94. The summed E-state index contributed by atoms with van der Waals surface area (Å²) in [5.74, 6) is -0.726. The van der Waals surface area contributed by atoms with Gasteiger partial charge in [-0.2, -0.15) is 0 Å². The Kier molecular flexibility index (Phi) is 8.26. The summed E-state index contributed by atoms with van der Waals surface area (Å²) in [4.78, 5) is 24.9. The zero-order chi connectivity index (χ0) is 18.1. The van der Waals surface area contributed by atoms with Crippen molar-refractivity contribution >= 4 is 11.9 Å². The van der Waals surface area contributed by atoms with Crippen molar-refractivity contribution in [2.45, 2.75) is 33.2 Å². The quantitative estimate of drug-likeness (QED) is 0.685. The van der Waals surface area contributed by atoms with Crippen molar-refractivity contribution in [1.29, 1.82) is 0 Å². The molecule has 2 unspecified atom stereocenters. The van der Waals surface area contributed by atoms with Gasteiger partial charge in [-0.05, 0) is 26.5 Å². The van der Waals surface area contributed by atoms with Gasteiger partial charge in [0, 0.05) is 12.1 Å². The number of hydrogen-bond donors (Lipinski definition) is 2. The van der Waals surface area contributed by atoms with E-state index in [-0.39, 0.29) is 18.5 Å². The molecule has 1 rings (SSSR count). The molecule has 0 heterocycles. The summed E-state index contributed by atoms with van der Waals surface area (Å²) in [5.41, 5.74) is 0.955. The third kappa shape index (κ3) is 6.20. The van der Waals surface area contributed by atoms with Crippen molar-refractivity contribution in [2.24, 2.45) is 5.92 Å². The minimum atomic E-state index is -0.862. The van der Waals surface area contributed by atoms with Crippen molar-refractivity contribution < 1.29 is 19.4 Å². The number of carbonyl (C=O) groups excluding carboxylic acids is 1. The molecule has 6 nitrogen and oxygen atoms in total. The number of benzene rings is 1. The first-order valence-corrected chi connectivity index (χ1v) is 8.31. The number of hydrogen-bond acceptors (Lipinski definition) is 4. The Morgan fingerprint density at radius 3 is 2.54 bits per heavy atom. The van der Waals surface area contributed by atoms with Crippen LogP contribution in [0.25, 0.3) is 0 Å². The zero-order valence-corrected chi connectivity index (χ0v) is 14.9. The van der Waals surface area contributed by atoms with Gasteiger partial charge in [0.05, 0.1) is 25.1 Å². The van der Waals surface area contributed by atoms with E-state index in [0.29, 0.717) is 13.2 Å². The van der Waals surface area contributed by atoms with Gasteiger partial charge >= 0.3 is 5.97 Å². The predicted molar refractivity (Wildman–Crippen MR) is 93.1 cm³/mol. The normalized spacial score (nSPS) is 13.4. The molecule has 0 spiro atoms. The second-order valence-corrected chi connectivity index (χ2v) is 5.94. The van der Waals surface area contributed by atoms with Gasteiger partial charge in [0.15, 0.2) is 0 Å². The average molecular weight is 336 g/mol. The van der Waals surface area contributed by atoms with E-state index in [1.165, 1.54) is 0 Å². The maximum Gasteiger partial charge on any atom is 0.307 e. The standard InChI is InChI=1S/C18H28N2O4/c1-5-15(14-9-7-8-10-16(14)24-6-2)19-17(21)12-20(4)11-13(3)18(22)23/h7-10,13,15H,5-6,11-12H2,1-4H3,(H,19,21)(H,22,23). The highest BCUT2D eigenvalue weighted by atomic mass is 16.5. The number of carboxylic acids is 1. The van der Waals surface area contributed by atoms with Gasteiger partial charge in [0.25, 0.3) is 0 Å². The Balaban J connectivity index is 2.68. The van der Waals surface area contributed by atoms with Gasteiger partial charge < -0.3 is 15.2 Å². The molecule has 2 N–H and O–H groups in total. The van der Waals surface area contributed by atoms with Crippen LogP contribution in [0.1, 0.15) is 38.8 Å². The van der Waals surface area contributed by atoms with Gasteiger partial charge in [-0.1, -0.05) is 32.0 Å². The number of amides is 1. The summed E-state index contributed by atoms with van der Waals surface area (Å²) in [6, 6.07) is 7.55. The van der Waals surface area contributed by atoms with E-state index in [4.69, 9.17) is 9.84 Å². The Labute approximate surface area is 143 Å². The van der Waals surface area contributed by atoms with E-state index in [1.807, 2.05) is 38.1 Å². The first-order valence-electron chi connectivity index (χ1n) is 8.31. The molecule has 24 heavy (non-hydrogen) atoms. The number of carbonyl (C=O) groups is 2. The van der Waals surface area contributed by atoms with Crippen LogP contribution in [0.3, 0.4) is 0 Å². The SMILES string of the molecule is CCOc1ccccc1C(CC)NC(=O)CN(C)CC(C)C(=O)O. The summed E-state index contributed by atoms with van der Waals surface area (Å²) in [6.45, 7) is 6.61. The highest BCUT2D eigenvalue weighted by Gasteiger charge is 2.19. The Morgan fingerprint density at radius 1 is 1.29 bits per heavy atom. The summed E-state index contributed by atoms with van der Waals surface area (Å²) >= 11 is 0. The van der Waals surface area contributed by atoms with E-state index in [1.54, 1.807) is 18.9 Å². The number of nitrogens with one attached hydrogen (secondary N) is 1. The molecule has 0 saturated carbocycles. The number of carboxylic acid groups (broad SMARTS) is 1. The van der Waals surface area contributed by atoms with Crippen LogP contribution in [-0.4, -0.2) is 48.6 Å². The second kappa shape index (κ2) is 9.93. The minimum absolute atomic E-state index is 0.131. The average Bonchev–Trinajstić information content (AvgIpc) is 2.53. The van der Waals surface area contributed by atoms with Gasteiger partial charge in [0.2, 0.25) is 5.91 Å². The molecule has 1 aromatic carbocycles. The lowest BCUT2D eigenvalue weighted by Gasteiger charge is -2.23. The van der Waals surface area contributed by atoms with Gasteiger partial charge in [-0.3, -0.25) is 14.5 Å². The monoisotopic (exact) mass is 336 g/mol. The molecule has 0 bridgehead atoms. The molecule has 1 amide bonds. The third-order valence-corrected chi connectivity index (χ3v) is 3.76. The number of rotatable bonds is 10. The van der Waals surface area contributed by atoms with Crippen LogP contribution in [0.2, 0.25) is 0 Å². The molecule has 0 radical (unpaired) electrons. The van der Waals surface area contributed by atoms with Crippen LogP contribution in [0.15, 0.2) is 24.3 Å². The smallest absolute Gasteiger partial charge is 0.307 e. The van der Waals surface area contributed by atoms with E-state index in [0.717, 1.165) is 17.7 Å². The first kappa shape index (κ1) is 20.0. The Morgan fingerprint density at radius 2 is 1.96 bits per heavy atom. The number of ether oxygens (including phenoxy) is 1. The molecule has 134 valence electrons. The topological polar surface area (TPSA) is 78.9 Å². The van der Waals surface area contributed by atoms with Crippen LogP contribution in [0.5, 0.6) is 5.75 Å². The minimum Gasteiger partial charge on any atom is -0.494 e. The summed E-state index contributed by atoms with van der Waals surface area (Å²) in [7, 11) is 1.74. The van der Waals surface area contributed by atoms with Crippen molar-refractivity contribution in [3.63, 3.8) is 0 Å². The predicted octanol–water partition coefficient (Wildman–Crippen LogP) is 2.31. The molecule has 0 aliphatic carbocycles. The lowest BCUT2D eigenvalue weighted by Crippen LogP contribution is -2.39. The maximum atomic E-state index is 12.3. The van der Waals surface area contributed by atoms with Crippen molar-refractivity contribution in [3.8, 4) is 5.75 Å². The van der Waals surface area contributed by atoms with Crippen LogP contribution < -0.4 is 10.1 Å². The number of nitrogens with zero attached hydrogens (tertiary/aromatic N) is 1. The van der Waals surface area contributed by atoms with E-state index in [9.17, 15) is 9.59 Å². The van der Waals surface area contributed by atoms with Crippen molar-refractivity contribution in [3.05, 3.63) is 29.8 Å². The fourth-order valence-corrected chi connectivity index (χ4v) is 2.55. The molecular weight excluding hydrogens is 308 g/mol. The molecule has 0 fully saturated rings. The highest BCUT2D eigenvalue weighted by Crippen LogP contribution is 2.27. The zero-order valence-electron chi connectivity index (χ0n) is 14.9. The molecule has 1 aromatic rings. The number of aliphatic carboxylic acids is 1. The van der Waals surface area contributed by atoms with E-state index < -0.39 is 11.9 Å². The third-order valence-electron chi connectivity index (χ3n) is 3.76. The molecule has 6 heteroatoms. The summed E-state index contributed by atoms with van der Waals surface area (Å²) in [5, 5.41) is 11.9. The lowest BCUT2D eigenvalue weighted by atomic mass is 10.0. The summed E-state index contributed by atoms with van der Waals surface area (Å²) < 4.78 is 5.63. The number of likely N-dealkylation sites (N-methyl/N-ethyl adjacent to an activating group) is 1. The van der Waals surface area contributed by atoms with E-state index in [2.05, 4.69) is 5.32 Å². The maximum absolute atomic E-state index is 12.3. The highest BCUT2D eigenvalue weighted by molar-refractivity contribution is 5.78. The van der Waals surface area contributed by atoms with Crippen LogP contribution >= 0.6 is 0 Å². The molecule has 0 aliphatic rings. The Bertz CT molecular complexity index is 548. The van der Waals surface area contributed by atoms with Crippen LogP contribution in [0, 0.1) is 5.92 Å².